The summed E-state index contributed by atoms with van der Waals surface area (Å²) in [5.41, 5.74) is 10.6. The van der Waals surface area contributed by atoms with Crippen LogP contribution in [0, 0.1) is 6.92 Å². The molecule has 0 atom stereocenters. The minimum Gasteiger partial charge on any atom is -0.388 e. The van der Waals surface area contributed by atoms with Gasteiger partial charge in [-0.1, -0.05) is 30.4 Å². The number of sulfonamides is 1. The van der Waals surface area contributed by atoms with Gasteiger partial charge >= 0.3 is 0 Å². The van der Waals surface area contributed by atoms with Crippen molar-refractivity contribution in [1.29, 1.82) is 0 Å². The summed E-state index contributed by atoms with van der Waals surface area (Å²) in [5, 5.41) is 11.1. The first-order chi connectivity index (χ1) is 18.1. The number of thiocarbonyl (C=S) groups is 1. The van der Waals surface area contributed by atoms with E-state index in [0.717, 1.165) is 57.9 Å². The number of nitrogens with two attached hydrogens (primary N) is 1. The topological polar surface area (TPSA) is 107 Å². The summed E-state index contributed by atoms with van der Waals surface area (Å²) in [4.78, 5) is 5.00. The average molecular weight is 569 g/mol. The Balaban J connectivity index is 1.51. The van der Waals surface area contributed by atoms with Crippen molar-refractivity contribution in [3.63, 3.8) is 0 Å². The predicted octanol–water partition coefficient (Wildman–Crippen LogP) is 4.66. The Morgan fingerprint density at radius 1 is 1.16 bits per heavy atom. The van der Waals surface area contributed by atoms with Gasteiger partial charge in [0, 0.05) is 48.2 Å². The average Bonchev–Trinajstić information content (AvgIpc) is 3.50. The zero-order valence-corrected chi connectivity index (χ0v) is 24.2. The molecule has 8 nitrogen and oxygen atoms in total. The van der Waals surface area contributed by atoms with Crippen LogP contribution in [0.5, 0.6) is 0 Å². The van der Waals surface area contributed by atoms with Crippen LogP contribution in [-0.4, -0.2) is 55.8 Å². The molecule has 1 fully saturated rings. The van der Waals surface area contributed by atoms with Gasteiger partial charge in [0.1, 0.15) is 15.0 Å². The molecule has 0 saturated carbocycles. The molecule has 3 aromatic heterocycles. The molecular weight excluding hydrogens is 537 g/mol. The maximum Gasteiger partial charge on any atom is 0.216 e. The molecule has 0 aliphatic carbocycles. The largest absolute Gasteiger partial charge is 0.388 e. The fourth-order valence-corrected chi connectivity index (χ4v) is 7.18. The highest BCUT2D eigenvalue weighted by Crippen LogP contribution is 2.36. The molecule has 4 aromatic rings. The SMILES string of the molecule is Cc1nnc(CCc2ccc3c(-c4cccc(C(N)=S)n4)cn(C4CCN(S(=O)(=O)C(C)C)CC4)c3c2)s1. The van der Waals surface area contributed by atoms with Gasteiger partial charge in [0.15, 0.2) is 0 Å². The van der Waals surface area contributed by atoms with Crippen LogP contribution in [0.4, 0.5) is 0 Å². The summed E-state index contributed by atoms with van der Waals surface area (Å²) in [6.45, 7) is 6.49. The van der Waals surface area contributed by atoms with Crippen LogP contribution in [0.1, 0.15) is 54.0 Å². The Hall–Kier alpha value is -2.73. The van der Waals surface area contributed by atoms with E-state index in [-0.39, 0.29) is 11.0 Å². The van der Waals surface area contributed by atoms with E-state index >= 15 is 0 Å². The van der Waals surface area contributed by atoms with Crippen molar-refractivity contribution in [3.8, 4) is 11.3 Å². The normalized spacial score (nSPS) is 15.5. The van der Waals surface area contributed by atoms with Crippen LogP contribution >= 0.6 is 23.6 Å². The second-order valence-electron chi connectivity index (χ2n) is 10.0. The minimum absolute atomic E-state index is 0.185. The summed E-state index contributed by atoms with van der Waals surface area (Å²) in [5.74, 6) is 0. The molecule has 0 radical (unpaired) electrons. The number of aromatic nitrogens is 4. The number of hydrogen-bond acceptors (Lipinski definition) is 7. The number of piperidine rings is 1. The molecule has 200 valence electrons. The van der Waals surface area contributed by atoms with Crippen LogP contribution in [0.15, 0.2) is 42.6 Å². The van der Waals surface area contributed by atoms with Crippen LogP contribution in [0.25, 0.3) is 22.2 Å². The van der Waals surface area contributed by atoms with Gasteiger partial charge < -0.3 is 10.3 Å². The second-order valence-corrected chi connectivity index (χ2v) is 14.2. The first-order valence-electron chi connectivity index (χ1n) is 12.8. The maximum absolute atomic E-state index is 12.7. The molecule has 38 heavy (non-hydrogen) atoms. The third kappa shape index (κ3) is 5.38. The number of aryl methyl sites for hydroxylation is 3. The summed E-state index contributed by atoms with van der Waals surface area (Å²) in [6.07, 6.45) is 5.37. The van der Waals surface area contributed by atoms with Crippen LogP contribution < -0.4 is 5.73 Å². The first kappa shape index (κ1) is 26.9. The molecule has 0 bridgehead atoms. The fourth-order valence-electron chi connectivity index (χ4n) is 5.04. The van der Waals surface area contributed by atoms with Gasteiger partial charge in [0.25, 0.3) is 0 Å². The number of nitrogens with zero attached hydrogens (tertiary/aromatic N) is 5. The summed E-state index contributed by atoms with van der Waals surface area (Å²) >= 11 is 6.81. The van der Waals surface area contributed by atoms with E-state index in [1.807, 2.05) is 25.1 Å². The Labute approximate surface area is 233 Å². The molecule has 5 rings (SSSR count). The van der Waals surface area contributed by atoms with E-state index in [2.05, 4.69) is 39.2 Å². The molecule has 0 spiro atoms. The lowest BCUT2D eigenvalue weighted by molar-refractivity contribution is 0.276. The van der Waals surface area contributed by atoms with E-state index < -0.39 is 15.3 Å². The number of benzene rings is 1. The predicted molar refractivity (Wildman–Crippen MR) is 157 cm³/mol. The lowest BCUT2D eigenvalue weighted by Crippen LogP contribution is -2.42. The first-order valence-corrected chi connectivity index (χ1v) is 15.5. The molecule has 0 unspecified atom stereocenters. The van der Waals surface area contributed by atoms with Crippen molar-refractivity contribution in [3.05, 3.63) is 63.9 Å². The molecule has 0 amide bonds. The van der Waals surface area contributed by atoms with Crippen LogP contribution in [0.3, 0.4) is 0 Å². The van der Waals surface area contributed by atoms with Crippen molar-refractivity contribution in [1.82, 2.24) is 24.1 Å². The van der Waals surface area contributed by atoms with Gasteiger partial charge in [-0.25, -0.2) is 17.7 Å². The van der Waals surface area contributed by atoms with Gasteiger partial charge in [0.2, 0.25) is 10.0 Å². The van der Waals surface area contributed by atoms with Crippen molar-refractivity contribution in [2.24, 2.45) is 5.73 Å². The molecule has 1 aromatic carbocycles. The molecule has 11 heteroatoms. The molecule has 1 aliphatic heterocycles. The van der Waals surface area contributed by atoms with Crippen LogP contribution in [0.2, 0.25) is 0 Å². The number of pyridine rings is 1. The smallest absolute Gasteiger partial charge is 0.216 e. The number of hydrogen-bond donors (Lipinski definition) is 1. The van der Waals surface area contributed by atoms with E-state index in [4.69, 9.17) is 22.9 Å². The second kappa shape index (κ2) is 10.8. The highest BCUT2D eigenvalue weighted by Gasteiger charge is 2.31. The standard InChI is InChI=1S/C27H32N6O2S3/c1-17(2)38(34,35)32-13-11-20(12-14-32)33-16-22(23-5-4-6-24(29-23)27(28)36)21-9-7-19(15-25(21)33)8-10-26-31-30-18(3)37-26/h4-7,9,15-17,20H,8,10-14H2,1-3H3,(H2,28,36). The van der Waals surface area contributed by atoms with Crippen LogP contribution in [-0.2, 0) is 22.9 Å². The lowest BCUT2D eigenvalue weighted by atomic mass is 10.0. The summed E-state index contributed by atoms with van der Waals surface area (Å²) < 4.78 is 29.4. The highest BCUT2D eigenvalue weighted by molar-refractivity contribution is 7.89. The zero-order chi connectivity index (χ0) is 27.0. The van der Waals surface area contributed by atoms with Gasteiger partial charge in [-0.15, -0.1) is 21.5 Å². The van der Waals surface area contributed by atoms with Gasteiger partial charge in [-0.2, -0.15) is 0 Å². The van der Waals surface area contributed by atoms with E-state index in [1.165, 1.54) is 5.56 Å². The Bertz CT molecular complexity index is 1580. The third-order valence-corrected chi connectivity index (χ3v) is 10.5. The van der Waals surface area contributed by atoms with Gasteiger partial charge in [0.05, 0.1) is 16.6 Å². The van der Waals surface area contributed by atoms with E-state index in [0.29, 0.717) is 18.8 Å². The third-order valence-electron chi connectivity index (χ3n) is 7.14. The molecule has 2 N–H and O–H groups in total. The van der Waals surface area contributed by atoms with Crippen molar-refractivity contribution in [2.45, 2.75) is 57.7 Å². The molecule has 1 saturated heterocycles. The molecule has 4 heterocycles. The van der Waals surface area contributed by atoms with Gasteiger partial charge in [-0.3, -0.25) is 0 Å². The highest BCUT2D eigenvalue weighted by atomic mass is 32.2. The maximum atomic E-state index is 12.7. The quantitative estimate of drug-likeness (QED) is 0.308. The monoisotopic (exact) mass is 568 g/mol. The Morgan fingerprint density at radius 3 is 2.58 bits per heavy atom. The fraction of sp³-hybridized carbons (Fsp3) is 0.407. The number of fused-ring (bicyclic) bond motifs is 1. The van der Waals surface area contributed by atoms with Gasteiger partial charge in [-0.05, 0) is 63.8 Å². The summed E-state index contributed by atoms with van der Waals surface area (Å²) in [6, 6.07) is 12.5. The van der Waals surface area contributed by atoms with E-state index in [9.17, 15) is 8.42 Å². The molecular formula is C27H32N6O2S3. The summed E-state index contributed by atoms with van der Waals surface area (Å²) in [7, 11) is -3.26. The zero-order valence-electron chi connectivity index (χ0n) is 21.8. The van der Waals surface area contributed by atoms with Crippen molar-refractivity contribution in [2.75, 3.05) is 13.1 Å². The minimum atomic E-state index is -3.26. The van der Waals surface area contributed by atoms with Crippen molar-refractivity contribution >= 4 is 49.5 Å². The lowest BCUT2D eigenvalue weighted by Gasteiger charge is -2.33. The number of rotatable bonds is 8. The Kier molecular flexibility index (Phi) is 7.63. The van der Waals surface area contributed by atoms with Crippen molar-refractivity contribution < 1.29 is 8.42 Å². The molecule has 1 aliphatic rings. The Morgan fingerprint density at radius 2 is 1.92 bits per heavy atom. The van der Waals surface area contributed by atoms with E-state index in [1.54, 1.807) is 29.5 Å².